The van der Waals surface area contributed by atoms with Crippen molar-refractivity contribution in [2.45, 2.75) is 43.7 Å². The molecule has 9 nitrogen and oxygen atoms in total. The highest BCUT2D eigenvalue weighted by atomic mass is 16.5. The molecule has 0 unspecified atom stereocenters. The monoisotopic (exact) mass is 475 g/mol. The van der Waals surface area contributed by atoms with E-state index in [0.717, 1.165) is 41.5 Å². The second kappa shape index (κ2) is 9.25. The number of aromatic nitrogens is 1. The number of rotatable bonds is 7. The zero-order chi connectivity index (χ0) is 24.4. The number of carbonyl (C=O) groups is 3. The lowest BCUT2D eigenvalue weighted by Crippen LogP contribution is -2.52. The normalized spacial score (nSPS) is 15.8. The number of amides is 2. The van der Waals surface area contributed by atoms with Crippen LogP contribution in [0, 0.1) is 0 Å². The molecule has 0 radical (unpaired) electrons. The van der Waals surface area contributed by atoms with Crippen LogP contribution in [-0.2, 0) is 16.1 Å². The number of ether oxygens (including phenoxy) is 1. The van der Waals surface area contributed by atoms with Gasteiger partial charge in [-0.1, -0.05) is 61.4 Å². The van der Waals surface area contributed by atoms with Gasteiger partial charge < -0.3 is 24.9 Å². The van der Waals surface area contributed by atoms with Crippen LogP contribution in [0.25, 0.3) is 11.1 Å². The highest BCUT2D eigenvalue weighted by Gasteiger charge is 2.43. The molecule has 1 heterocycles. The first kappa shape index (κ1) is 22.6. The van der Waals surface area contributed by atoms with Gasteiger partial charge in [-0.15, -0.1) is 0 Å². The maximum absolute atomic E-state index is 12.7. The highest BCUT2D eigenvalue weighted by molar-refractivity contribution is 5.97. The molecule has 0 aliphatic heterocycles. The highest BCUT2D eigenvalue weighted by Crippen LogP contribution is 2.44. The molecule has 9 heteroatoms. The zero-order valence-electron chi connectivity index (χ0n) is 19.0. The number of hydrogen-bond acceptors (Lipinski definition) is 6. The Morgan fingerprint density at radius 2 is 1.66 bits per heavy atom. The van der Waals surface area contributed by atoms with Gasteiger partial charge >= 0.3 is 12.1 Å². The predicted octanol–water partition coefficient (Wildman–Crippen LogP) is 3.84. The van der Waals surface area contributed by atoms with E-state index < -0.39 is 23.5 Å². The maximum Gasteiger partial charge on any atom is 0.407 e. The van der Waals surface area contributed by atoms with E-state index in [1.54, 1.807) is 0 Å². The third-order valence-corrected chi connectivity index (χ3v) is 6.81. The van der Waals surface area contributed by atoms with E-state index in [4.69, 9.17) is 9.15 Å². The SMILES string of the molecule is O=C(NCc1ocnc1C(=O)NC1(C(=O)O)CCCC1)OCC1c2ccccc2-c2ccccc21. The molecule has 0 saturated heterocycles. The van der Waals surface area contributed by atoms with Crippen LogP contribution < -0.4 is 10.6 Å². The van der Waals surface area contributed by atoms with Crippen LogP contribution in [0.2, 0.25) is 0 Å². The molecule has 35 heavy (non-hydrogen) atoms. The molecular formula is C26H25N3O6. The van der Waals surface area contributed by atoms with E-state index in [1.165, 1.54) is 0 Å². The molecule has 0 bridgehead atoms. The largest absolute Gasteiger partial charge is 0.480 e. The molecule has 2 aromatic carbocycles. The number of oxazole rings is 1. The summed E-state index contributed by atoms with van der Waals surface area (Å²) in [5.41, 5.74) is 3.13. The van der Waals surface area contributed by atoms with Gasteiger partial charge in [-0.05, 0) is 35.1 Å². The summed E-state index contributed by atoms with van der Waals surface area (Å²) < 4.78 is 10.8. The van der Waals surface area contributed by atoms with E-state index in [1.807, 2.05) is 36.4 Å². The molecule has 3 aromatic rings. The van der Waals surface area contributed by atoms with Crippen LogP contribution in [0.4, 0.5) is 4.79 Å². The van der Waals surface area contributed by atoms with Gasteiger partial charge in [-0.3, -0.25) is 4.79 Å². The molecule has 5 rings (SSSR count). The van der Waals surface area contributed by atoms with Gasteiger partial charge in [-0.2, -0.15) is 0 Å². The zero-order valence-corrected chi connectivity index (χ0v) is 19.0. The average molecular weight is 476 g/mol. The fraction of sp³-hybridized carbons (Fsp3) is 0.308. The van der Waals surface area contributed by atoms with E-state index in [2.05, 4.69) is 27.8 Å². The Bertz CT molecular complexity index is 1230. The molecule has 1 saturated carbocycles. The predicted molar refractivity (Wildman–Crippen MR) is 125 cm³/mol. The van der Waals surface area contributed by atoms with E-state index in [0.29, 0.717) is 12.8 Å². The van der Waals surface area contributed by atoms with Crippen LogP contribution in [0.5, 0.6) is 0 Å². The lowest BCUT2D eigenvalue weighted by atomic mass is 9.97. The third-order valence-electron chi connectivity index (χ3n) is 6.81. The van der Waals surface area contributed by atoms with Gasteiger partial charge in [0, 0.05) is 5.92 Å². The number of nitrogens with one attached hydrogen (secondary N) is 2. The summed E-state index contributed by atoms with van der Waals surface area (Å²) in [4.78, 5) is 40.8. The van der Waals surface area contributed by atoms with Crippen molar-refractivity contribution < 1.29 is 28.6 Å². The first-order chi connectivity index (χ1) is 17.0. The molecule has 180 valence electrons. The second-order valence-electron chi connectivity index (χ2n) is 8.85. The van der Waals surface area contributed by atoms with Crippen molar-refractivity contribution in [2.24, 2.45) is 0 Å². The van der Waals surface area contributed by atoms with E-state index in [9.17, 15) is 19.5 Å². The minimum absolute atomic E-state index is 0.0588. The van der Waals surface area contributed by atoms with Gasteiger partial charge in [0.05, 0.1) is 6.54 Å². The topological polar surface area (TPSA) is 131 Å². The Morgan fingerprint density at radius 1 is 1.03 bits per heavy atom. The lowest BCUT2D eigenvalue weighted by Gasteiger charge is -2.24. The summed E-state index contributed by atoms with van der Waals surface area (Å²) in [6, 6.07) is 16.1. The number of carboxylic acids is 1. The fourth-order valence-electron chi connectivity index (χ4n) is 5.03. The molecule has 2 aliphatic carbocycles. The Labute approximate surface area is 201 Å². The Kier molecular flexibility index (Phi) is 5.98. The summed E-state index contributed by atoms with van der Waals surface area (Å²) in [5, 5.41) is 14.8. The first-order valence-electron chi connectivity index (χ1n) is 11.6. The molecular weight excluding hydrogens is 450 g/mol. The lowest BCUT2D eigenvalue weighted by molar-refractivity contribution is -0.144. The smallest absolute Gasteiger partial charge is 0.407 e. The number of alkyl carbamates (subject to hydrolysis) is 1. The van der Waals surface area contributed by atoms with Crippen molar-refractivity contribution in [1.82, 2.24) is 15.6 Å². The summed E-state index contributed by atoms with van der Waals surface area (Å²) >= 11 is 0. The van der Waals surface area contributed by atoms with Crippen LogP contribution >= 0.6 is 0 Å². The quantitative estimate of drug-likeness (QED) is 0.473. The summed E-state index contributed by atoms with van der Waals surface area (Å²) in [7, 11) is 0. The number of carbonyl (C=O) groups excluding carboxylic acids is 2. The van der Waals surface area contributed by atoms with Crippen LogP contribution in [0.15, 0.2) is 59.3 Å². The van der Waals surface area contributed by atoms with E-state index in [-0.39, 0.29) is 30.5 Å². The van der Waals surface area contributed by atoms with Crippen molar-refractivity contribution >= 4 is 18.0 Å². The van der Waals surface area contributed by atoms with Gasteiger partial charge in [0.1, 0.15) is 12.1 Å². The van der Waals surface area contributed by atoms with Gasteiger partial charge in [0.25, 0.3) is 5.91 Å². The Morgan fingerprint density at radius 3 is 2.29 bits per heavy atom. The molecule has 3 N–H and O–H groups in total. The molecule has 1 fully saturated rings. The van der Waals surface area contributed by atoms with Gasteiger partial charge in [-0.25, -0.2) is 14.6 Å². The van der Waals surface area contributed by atoms with Crippen molar-refractivity contribution in [3.8, 4) is 11.1 Å². The first-order valence-corrected chi connectivity index (χ1v) is 11.6. The Hall–Kier alpha value is -4.14. The maximum atomic E-state index is 12.7. The molecule has 2 aliphatic rings. The summed E-state index contributed by atoms with van der Waals surface area (Å²) in [5.74, 6) is -1.66. The number of hydrogen-bond donors (Lipinski definition) is 3. The van der Waals surface area contributed by atoms with Crippen molar-refractivity contribution in [2.75, 3.05) is 6.61 Å². The van der Waals surface area contributed by atoms with Crippen LogP contribution in [0.1, 0.15) is 59.0 Å². The summed E-state index contributed by atoms with van der Waals surface area (Å²) in [6.07, 6.45) is 2.60. The van der Waals surface area contributed by atoms with Crippen LogP contribution in [0.3, 0.4) is 0 Å². The molecule has 1 aromatic heterocycles. The second-order valence-corrected chi connectivity index (χ2v) is 8.85. The molecule has 0 spiro atoms. The van der Waals surface area contributed by atoms with Crippen molar-refractivity contribution in [3.05, 3.63) is 77.5 Å². The molecule has 2 amide bonds. The fourth-order valence-corrected chi connectivity index (χ4v) is 5.03. The van der Waals surface area contributed by atoms with Crippen LogP contribution in [-0.4, -0.2) is 40.2 Å². The number of fused-ring (bicyclic) bond motifs is 3. The van der Waals surface area contributed by atoms with Gasteiger partial charge in [0.15, 0.2) is 17.8 Å². The van der Waals surface area contributed by atoms with Gasteiger partial charge in [0.2, 0.25) is 0 Å². The summed E-state index contributed by atoms with van der Waals surface area (Å²) in [6.45, 7) is 0.0320. The number of benzene rings is 2. The average Bonchev–Trinajstić information content (AvgIpc) is 3.60. The number of carboxylic acid groups (broad SMARTS) is 1. The van der Waals surface area contributed by atoms with E-state index >= 15 is 0 Å². The molecule has 0 atom stereocenters. The van der Waals surface area contributed by atoms with Crippen molar-refractivity contribution in [1.29, 1.82) is 0 Å². The number of nitrogens with zero attached hydrogens (tertiary/aromatic N) is 1. The standard InChI is InChI=1S/C26H25N3O6/c30-23(29-26(24(31)32)11-5-6-12-26)22-21(35-15-28-22)13-27-25(33)34-14-20-18-9-3-1-7-16(18)17-8-2-4-10-19(17)20/h1-4,7-10,15,20H,5-6,11-14H2,(H,27,33)(H,29,30)(H,31,32). The minimum Gasteiger partial charge on any atom is -0.480 e. The number of aliphatic carboxylic acids is 1. The third kappa shape index (κ3) is 4.25. The van der Waals surface area contributed by atoms with Crippen molar-refractivity contribution in [3.63, 3.8) is 0 Å². The Balaban J connectivity index is 1.20. The minimum atomic E-state index is -1.30.